The van der Waals surface area contributed by atoms with Gasteiger partial charge in [0.15, 0.2) is 0 Å². The Hall–Kier alpha value is -2.64. The summed E-state index contributed by atoms with van der Waals surface area (Å²) >= 11 is 0. The van der Waals surface area contributed by atoms with Gasteiger partial charge in [0.25, 0.3) is 0 Å². The molecule has 7 nitrogen and oxygen atoms in total. The number of likely N-dealkylation sites (tertiary alicyclic amines) is 1. The Bertz CT molecular complexity index is 672. The first kappa shape index (κ1) is 19.7. The quantitative estimate of drug-likeness (QED) is 0.714. The summed E-state index contributed by atoms with van der Waals surface area (Å²) in [6, 6.07) is 4.57. The number of carboxylic acid groups (broad SMARTS) is 1. The number of urea groups is 1. The fourth-order valence-corrected chi connectivity index (χ4v) is 2.81. The van der Waals surface area contributed by atoms with Crippen LogP contribution in [0.25, 0.3) is 0 Å². The average Bonchev–Trinajstić information content (AvgIpc) is 2.62. The van der Waals surface area contributed by atoms with Gasteiger partial charge in [-0.15, -0.1) is 0 Å². The van der Waals surface area contributed by atoms with E-state index in [1.54, 1.807) is 24.0 Å². The molecule has 26 heavy (non-hydrogen) atoms. The Kier molecular flexibility index (Phi) is 6.94. The van der Waals surface area contributed by atoms with Gasteiger partial charge in [-0.1, -0.05) is 12.1 Å². The summed E-state index contributed by atoms with van der Waals surface area (Å²) in [6.07, 6.45) is 0.963. The number of benzene rings is 1. The summed E-state index contributed by atoms with van der Waals surface area (Å²) in [5.74, 6) is -1.54. The fraction of sp³-hybridized carbons (Fsp3) is 0.500. The van der Waals surface area contributed by atoms with Gasteiger partial charge in [-0.3, -0.25) is 9.59 Å². The molecule has 2 rings (SSSR count). The van der Waals surface area contributed by atoms with Crippen molar-refractivity contribution in [2.45, 2.75) is 32.7 Å². The van der Waals surface area contributed by atoms with Crippen LogP contribution in [0.1, 0.15) is 30.4 Å². The second-order valence-electron chi connectivity index (χ2n) is 6.44. The maximum Gasteiger partial charge on any atom is 0.317 e. The first-order valence-corrected chi connectivity index (χ1v) is 8.64. The zero-order valence-electron chi connectivity index (χ0n) is 14.8. The molecule has 0 atom stereocenters. The van der Waals surface area contributed by atoms with Gasteiger partial charge in [0.05, 0.1) is 6.42 Å². The Labute approximate surface area is 151 Å². The molecule has 0 aliphatic carbocycles. The second kappa shape index (κ2) is 9.17. The van der Waals surface area contributed by atoms with Gasteiger partial charge in [0.1, 0.15) is 5.82 Å². The third kappa shape index (κ3) is 5.72. The topological polar surface area (TPSA) is 98.7 Å². The van der Waals surface area contributed by atoms with Crippen molar-refractivity contribution in [3.63, 3.8) is 0 Å². The zero-order chi connectivity index (χ0) is 19.1. The van der Waals surface area contributed by atoms with Gasteiger partial charge in [0.2, 0.25) is 5.91 Å². The molecule has 0 aromatic heterocycles. The Morgan fingerprint density at radius 2 is 1.92 bits per heavy atom. The van der Waals surface area contributed by atoms with Crippen LogP contribution in [0.5, 0.6) is 0 Å². The molecular formula is C18H24FN3O4. The molecule has 0 spiro atoms. The molecule has 1 aliphatic rings. The number of carboxylic acids is 1. The van der Waals surface area contributed by atoms with E-state index < -0.39 is 5.97 Å². The minimum Gasteiger partial charge on any atom is -0.481 e. The van der Waals surface area contributed by atoms with Gasteiger partial charge < -0.3 is 20.6 Å². The van der Waals surface area contributed by atoms with Crippen molar-refractivity contribution in [3.05, 3.63) is 35.1 Å². The van der Waals surface area contributed by atoms with Crippen molar-refractivity contribution < 1.29 is 23.9 Å². The SMILES string of the molecule is Cc1ccc(CNC(=O)C2CCN(C(=O)NCCC(=O)O)CC2)cc1F. The van der Waals surface area contributed by atoms with Gasteiger partial charge in [0, 0.05) is 32.1 Å². The van der Waals surface area contributed by atoms with Crippen molar-refractivity contribution in [1.82, 2.24) is 15.5 Å². The van der Waals surface area contributed by atoms with E-state index in [2.05, 4.69) is 10.6 Å². The van der Waals surface area contributed by atoms with Crippen molar-refractivity contribution in [2.24, 2.45) is 5.92 Å². The lowest BCUT2D eigenvalue weighted by molar-refractivity contribution is -0.136. The summed E-state index contributed by atoms with van der Waals surface area (Å²) in [6.45, 7) is 2.92. The largest absolute Gasteiger partial charge is 0.481 e. The maximum absolute atomic E-state index is 13.5. The number of amides is 3. The number of nitrogens with one attached hydrogen (secondary N) is 2. The van der Waals surface area contributed by atoms with Crippen LogP contribution in [0.15, 0.2) is 18.2 Å². The number of halogens is 1. The number of hydrogen-bond acceptors (Lipinski definition) is 3. The summed E-state index contributed by atoms with van der Waals surface area (Å²) in [7, 11) is 0. The Balaban J connectivity index is 1.72. The maximum atomic E-state index is 13.5. The first-order valence-electron chi connectivity index (χ1n) is 8.64. The molecule has 3 amide bonds. The number of nitrogens with zero attached hydrogens (tertiary/aromatic N) is 1. The van der Waals surface area contributed by atoms with Crippen LogP contribution in [0.3, 0.4) is 0 Å². The third-order valence-corrected chi connectivity index (χ3v) is 4.47. The number of carbonyl (C=O) groups excluding carboxylic acids is 2. The smallest absolute Gasteiger partial charge is 0.317 e. The zero-order valence-corrected chi connectivity index (χ0v) is 14.8. The number of piperidine rings is 1. The van der Waals surface area contributed by atoms with E-state index in [1.807, 2.05) is 0 Å². The van der Waals surface area contributed by atoms with Crippen LogP contribution in [0.2, 0.25) is 0 Å². The summed E-state index contributed by atoms with van der Waals surface area (Å²) in [5, 5.41) is 13.9. The monoisotopic (exact) mass is 365 g/mol. The van der Waals surface area contributed by atoms with E-state index in [-0.39, 0.29) is 43.2 Å². The standard InChI is InChI=1S/C18H24FN3O4/c1-12-2-3-13(10-15(12)19)11-21-17(25)14-5-8-22(9-6-14)18(26)20-7-4-16(23)24/h2-3,10,14H,4-9,11H2,1H3,(H,20,26)(H,21,25)(H,23,24). The molecule has 1 aromatic rings. The average molecular weight is 365 g/mol. The number of carbonyl (C=O) groups is 3. The highest BCUT2D eigenvalue weighted by molar-refractivity contribution is 5.79. The second-order valence-corrected chi connectivity index (χ2v) is 6.44. The summed E-state index contributed by atoms with van der Waals surface area (Å²) < 4.78 is 13.5. The molecule has 0 saturated carbocycles. The lowest BCUT2D eigenvalue weighted by Gasteiger charge is -2.31. The lowest BCUT2D eigenvalue weighted by Crippen LogP contribution is -2.47. The van der Waals surface area contributed by atoms with Gasteiger partial charge >= 0.3 is 12.0 Å². The predicted octanol–water partition coefficient (Wildman–Crippen LogP) is 1.65. The Morgan fingerprint density at radius 3 is 2.54 bits per heavy atom. The minimum absolute atomic E-state index is 0.0850. The number of rotatable bonds is 6. The highest BCUT2D eigenvalue weighted by Crippen LogP contribution is 2.18. The van der Waals surface area contributed by atoms with Crippen molar-refractivity contribution in [2.75, 3.05) is 19.6 Å². The fourth-order valence-electron chi connectivity index (χ4n) is 2.81. The molecule has 0 radical (unpaired) electrons. The van der Waals surface area contributed by atoms with E-state index in [1.165, 1.54) is 6.07 Å². The highest BCUT2D eigenvalue weighted by Gasteiger charge is 2.27. The molecule has 3 N–H and O–H groups in total. The van der Waals surface area contributed by atoms with E-state index in [0.29, 0.717) is 37.1 Å². The van der Waals surface area contributed by atoms with Crippen molar-refractivity contribution >= 4 is 17.9 Å². The molecular weight excluding hydrogens is 341 g/mol. The molecule has 1 heterocycles. The minimum atomic E-state index is -0.964. The lowest BCUT2D eigenvalue weighted by atomic mass is 9.96. The number of aryl methyl sites for hydroxylation is 1. The van der Waals surface area contributed by atoms with Crippen LogP contribution in [0.4, 0.5) is 9.18 Å². The Morgan fingerprint density at radius 1 is 1.23 bits per heavy atom. The molecule has 0 bridgehead atoms. The normalized spacial score (nSPS) is 14.8. The predicted molar refractivity (Wildman–Crippen MR) is 92.9 cm³/mol. The molecule has 1 fully saturated rings. The van der Waals surface area contributed by atoms with Crippen LogP contribution in [-0.4, -0.2) is 47.5 Å². The van der Waals surface area contributed by atoms with Gasteiger partial charge in [-0.25, -0.2) is 9.18 Å². The van der Waals surface area contributed by atoms with E-state index in [4.69, 9.17) is 5.11 Å². The molecule has 1 saturated heterocycles. The third-order valence-electron chi connectivity index (χ3n) is 4.47. The molecule has 0 unspecified atom stereocenters. The number of hydrogen-bond donors (Lipinski definition) is 3. The van der Waals surface area contributed by atoms with E-state index in [0.717, 1.165) is 0 Å². The van der Waals surface area contributed by atoms with Crippen LogP contribution in [-0.2, 0) is 16.1 Å². The molecule has 8 heteroatoms. The van der Waals surface area contributed by atoms with E-state index in [9.17, 15) is 18.8 Å². The van der Waals surface area contributed by atoms with Crippen LogP contribution < -0.4 is 10.6 Å². The van der Waals surface area contributed by atoms with Crippen LogP contribution >= 0.6 is 0 Å². The van der Waals surface area contributed by atoms with Crippen LogP contribution in [0, 0.1) is 18.7 Å². The van der Waals surface area contributed by atoms with Crippen molar-refractivity contribution in [3.8, 4) is 0 Å². The first-order chi connectivity index (χ1) is 12.4. The number of aliphatic carboxylic acids is 1. The summed E-state index contributed by atoms with van der Waals surface area (Å²) in [5.41, 5.74) is 1.27. The van der Waals surface area contributed by atoms with Gasteiger partial charge in [-0.2, -0.15) is 0 Å². The molecule has 1 aromatic carbocycles. The highest BCUT2D eigenvalue weighted by atomic mass is 19.1. The van der Waals surface area contributed by atoms with E-state index >= 15 is 0 Å². The van der Waals surface area contributed by atoms with Crippen molar-refractivity contribution in [1.29, 1.82) is 0 Å². The molecule has 1 aliphatic heterocycles. The molecule has 142 valence electrons. The summed E-state index contributed by atoms with van der Waals surface area (Å²) in [4.78, 5) is 36.2. The van der Waals surface area contributed by atoms with Gasteiger partial charge in [-0.05, 0) is 37.0 Å².